The standard InChI is InChI=1S/C9H7ClF/c1-2-9(11)7-3-5-8(10)6-4-7/h2-6H,1H2/b9-2-. The molecular weight excluding hydrogens is 163 g/mol. The number of hydrogen-bond donors (Lipinski definition) is 0. The molecule has 0 aliphatic carbocycles. The molecule has 0 unspecified atom stereocenters. The van der Waals surface area contributed by atoms with E-state index >= 15 is 0 Å². The zero-order chi connectivity index (χ0) is 8.27. The van der Waals surface area contributed by atoms with Crippen molar-refractivity contribution in [2.24, 2.45) is 0 Å². The third-order valence-electron chi connectivity index (χ3n) is 1.30. The van der Waals surface area contributed by atoms with Crippen LogP contribution < -0.4 is 0 Å². The topological polar surface area (TPSA) is 0 Å². The fourth-order valence-corrected chi connectivity index (χ4v) is 0.853. The van der Waals surface area contributed by atoms with Gasteiger partial charge in [-0.3, -0.25) is 0 Å². The van der Waals surface area contributed by atoms with Crippen molar-refractivity contribution in [1.82, 2.24) is 0 Å². The molecule has 57 valence electrons. The quantitative estimate of drug-likeness (QED) is 0.604. The first kappa shape index (κ1) is 8.28. The molecule has 1 aromatic rings. The van der Waals surface area contributed by atoms with Crippen LogP contribution in [-0.2, 0) is 0 Å². The van der Waals surface area contributed by atoms with Crippen LogP contribution in [0.2, 0.25) is 5.02 Å². The molecule has 0 bridgehead atoms. The molecule has 1 radical (unpaired) electrons. The Bertz CT molecular complexity index is 261. The minimum atomic E-state index is -0.332. The molecule has 0 saturated carbocycles. The van der Waals surface area contributed by atoms with Gasteiger partial charge in [0, 0.05) is 10.6 Å². The molecule has 0 heterocycles. The molecule has 2 heteroatoms. The third kappa shape index (κ3) is 2.05. The fraction of sp³-hybridized carbons (Fsp3) is 0. The predicted molar refractivity (Wildman–Crippen MR) is 45.9 cm³/mol. The summed E-state index contributed by atoms with van der Waals surface area (Å²) in [5, 5.41) is 0.602. The molecule has 0 amide bonds. The molecule has 11 heavy (non-hydrogen) atoms. The summed E-state index contributed by atoms with van der Waals surface area (Å²) in [6.45, 7) is 3.31. The highest BCUT2D eigenvalue weighted by Gasteiger charge is 1.96. The summed E-state index contributed by atoms with van der Waals surface area (Å²) in [5.74, 6) is -0.332. The van der Waals surface area contributed by atoms with E-state index in [1.807, 2.05) is 0 Å². The van der Waals surface area contributed by atoms with Crippen LogP contribution in [0.5, 0.6) is 0 Å². The predicted octanol–water partition coefficient (Wildman–Crippen LogP) is 3.48. The first-order valence-electron chi connectivity index (χ1n) is 3.15. The van der Waals surface area contributed by atoms with Crippen LogP contribution in [0.3, 0.4) is 0 Å². The highest BCUT2D eigenvalue weighted by Crippen LogP contribution is 2.17. The molecule has 0 nitrogen and oxygen atoms in total. The van der Waals surface area contributed by atoms with E-state index in [1.54, 1.807) is 24.3 Å². The van der Waals surface area contributed by atoms with Crippen LogP contribution in [0, 0.1) is 6.92 Å². The Morgan fingerprint density at radius 3 is 2.36 bits per heavy atom. The lowest BCUT2D eigenvalue weighted by Crippen LogP contribution is -1.75. The maximum atomic E-state index is 12.8. The monoisotopic (exact) mass is 169 g/mol. The smallest absolute Gasteiger partial charge is 0.126 e. The maximum absolute atomic E-state index is 12.8. The van der Waals surface area contributed by atoms with Crippen LogP contribution in [-0.4, -0.2) is 0 Å². The Morgan fingerprint density at radius 1 is 1.36 bits per heavy atom. The first-order chi connectivity index (χ1) is 5.24. The van der Waals surface area contributed by atoms with Crippen molar-refractivity contribution in [2.75, 3.05) is 0 Å². The molecule has 0 N–H and O–H groups in total. The van der Waals surface area contributed by atoms with Crippen molar-refractivity contribution < 1.29 is 4.39 Å². The Balaban J connectivity index is 2.99. The number of allylic oxidation sites excluding steroid dienone is 1. The van der Waals surface area contributed by atoms with E-state index in [1.165, 1.54) is 6.08 Å². The van der Waals surface area contributed by atoms with Crippen LogP contribution >= 0.6 is 11.6 Å². The molecule has 0 saturated heterocycles. The summed E-state index contributed by atoms with van der Waals surface area (Å²) in [4.78, 5) is 0. The number of halogens is 2. The summed E-state index contributed by atoms with van der Waals surface area (Å²) in [7, 11) is 0. The summed E-state index contributed by atoms with van der Waals surface area (Å²) in [5.41, 5.74) is 0.504. The van der Waals surface area contributed by atoms with Crippen LogP contribution in [0.25, 0.3) is 5.83 Å². The summed E-state index contributed by atoms with van der Waals surface area (Å²) >= 11 is 5.60. The van der Waals surface area contributed by atoms with E-state index in [9.17, 15) is 4.39 Å². The lowest BCUT2D eigenvalue weighted by Gasteiger charge is -1.95. The van der Waals surface area contributed by atoms with Gasteiger partial charge >= 0.3 is 0 Å². The largest absolute Gasteiger partial charge is 0.207 e. The highest BCUT2D eigenvalue weighted by molar-refractivity contribution is 6.30. The van der Waals surface area contributed by atoms with Gasteiger partial charge < -0.3 is 0 Å². The number of benzene rings is 1. The Morgan fingerprint density at radius 2 is 1.91 bits per heavy atom. The van der Waals surface area contributed by atoms with E-state index in [0.717, 1.165) is 0 Å². The summed E-state index contributed by atoms with van der Waals surface area (Å²) in [6, 6.07) is 6.50. The average Bonchev–Trinajstić information content (AvgIpc) is 2.05. The molecule has 1 aromatic carbocycles. The van der Waals surface area contributed by atoms with Gasteiger partial charge in [-0.15, -0.1) is 0 Å². The minimum Gasteiger partial charge on any atom is -0.207 e. The molecule has 0 spiro atoms. The maximum Gasteiger partial charge on any atom is 0.126 e. The third-order valence-corrected chi connectivity index (χ3v) is 1.55. The van der Waals surface area contributed by atoms with Crippen molar-refractivity contribution in [3.05, 3.63) is 47.9 Å². The lowest BCUT2D eigenvalue weighted by molar-refractivity contribution is 0.760. The first-order valence-corrected chi connectivity index (χ1v) is 3.52. The van der Waals surface area contributed by atoms with E-state index in [0.29, 0.717) is 10.6 Å². The van der Waals surface area contributed by atoms with Gasteiger partial charge in [0.1, 0.15) is 5.83 Å². The number of hydrogen-bond acceptors (Lipinski definition) is 0. The van der Waals surface area contributed by atoms with Gasteiger partial charge in [-0.1, -0.05) is 23.7 Å². The van der Waals surface area contributed by atoms with Crippen LogP contribution in [0.1, 0.15) is 5.56 Å². The Kier molecular flexibility index (Phi) is 2.66. The van der Waals surface area contributed by atoms with Gasteiger partial charge in [-0.05, 0) is 25.1 Å². The van der Waals surface area contributed by atoms with E-state index < -0.39 is 0 Å². The van der Waals surface area contributed by atoms with E-state index in [-0.39, 0.29) is 5.83 Å². The zero-order valence-corrected chi connectivity index (χ0v) is 6.61. The molecule has 0 aliphatic rings. The lowest BCUT2D eigenvalue weighted by atomic mass is 10.2. The van der Waals surface area contributed by atoms with Gasteiger partial charge in [-0.2, -0.15) is 0 Å². The van der Waals surface area contributed by atoms with Crippen LogP contribution in [0.4, 0.5) is 4.39 Å². The van der Waals surface area contributed by atoms with Crippen molar-refractivity contribution in [3.63, 3.8) is 0 Å². The molecule has 0 atom stereocenters. The molecular formula is C9H7ClF. The normalized spacial score (nSPS) is 11.7. The average molecular weight is 170 g/mol. The molecule has 0 fully saturated rings. The molecule has 0 aliphatic heterocycles. The summed E-state index contributed by atoms with van der Waals surface area (Å²) in [6.07, 6.45) is 1.17. The molecule has 0 aromatic heterocycles. The SMILES string of the molecule is [CH2]/C=C(\F)c1ccc(Cl)cc1. The Hall–Kier alpha value is -0.820. The summed E-state index contributed by atoms with van der Waals surface area (Å²) < 4.78 is 12.8. The van der Waals surface area contributed by atoms with Crippen molar-refractivity contribution in [3.8, 4) is 0 Å². The van der Waals surface area contributed by atoms with Gasteiger partial charge in [0.15, 0.2) is 0 Å². The van der Waals surface area contributed by atoms with E-state index in [2.05, 4.69) is 6.92 Å². The molecule has 1 rings (SSSR count). The Labute approximate surface area is 70.3 Å². The van der Waals surface area contributed by atoms with Crippen molar-refractivity contribution in [1.29, 1.82) is 0 Å². The second kappa shape index (κ2) is 3.54. The van der Waals surface area contributed by atoms with Crippen LogP contribution in [0.15, 0.2) is 30.3 Å². The zero-order valence-electron chi connectivity index (χ0n) is 5.85. The van der Waals surface area contributed by atoms with Gasteiger partial charge in [0.25, 0.3) is 0 Å². The van der Waals surface area contributed by atoms with Crippen molar-refractivity contribution in [2.45, 2.75) is 0 Å². The van der Waals surface area contributed by atoms with E-state index in [4.69, 9.17) is 11.6 Å². The van der Waals surface area contributed by atoms with Gasteiger partial charge in [0.2, 0.25) is 0 Å². The number of rotatable bonds is 1. The van der Waals surface area contributed by atoms with Gasteiger partial charge in [0.05, 0.1) is 0 Å². The second-order valence-electron chi connectivity index (χ2n) is 2.06. The highest BCUT2D eigenvalue weighted by atomic mass is 35.5. The fourth-order valence-electron chi connectivity index (χ4n) is 0.727. The minimum absolute atomic E-state index is 0.332. The second-order valence-corrected chi connectivity index (χ2v) is 2.50. The van der Waals surface area contributed by atoms with Gasteiger partial charge in [-0.25, -0.2) is 4.39 Å². The van der Waals surface area contributed by atoms with Crippen molar-refractivity contribution >= 4 is 17.4 Å².